The summed E-state index contributed by atoms with van der Waals surface area (Å²) in [6.45, 7) is 7.09. The van der Waals surface area contributed by atoms with Crippen LogP contribution in [0, 0.1) is 5.92 Å². The molecule has 2 amide bonds. The summed E-state index contributed by atoms with van der Waals surface area (Å²) >= 11 is 0. The van der Waals surface area contributed by atoms with Gasteiger partial charge in [-0.3, -0.25) is 9.59 Å². The number of aromatic nitrogens is 2. The third kappa shape index (κ3) is 4.19. The quantitative estimate of drug-likeness (QED) is 0.870. The molecule has 3 rings (SSSR count). The van der Waals surface area contributed by atoms with Gasteiger partial charge in [-0.15, -0.1) is 0 Å². The molecule has 138 valence electrons. The zero-order valence-corrected chi connectivity index (χ0v) is 15.0. The second kappa shape index (κ2) is 7.99. The molecule has 2 aromatic rings. The lowest BCUT2D eigenvalue weighted by Gasteiger charge is -2.34. The van der Waals surface area contributed by atoms with Gasteiger partial charge >= 0.3 is 0 Å². The van der Waals surface area contributed by atoms with Crippen molar-refractivity contribution in [1.82, 2.24) is 20.2 Å². The molecule has 3 heterocycles. The minimum Gasteiger partial charge on any atom is -0.459 e. The van der Waals surface area contributed by atoms with Crippen LogP contribution in [0.15, 0.2) is 35.2 Å². The highest BCUT2D eigenvalue weighted by atomic mass is 16.3. The lowest BCUT2D eigenvalue weighted by atomic mass is 10.2. The van der Waals surface area contributed by atoms with E-state index in [4.69, 9.17) is 4.42 Å². The van der Waals surface area contributed by atoms with Crippen molar-refractivity contribution < 1.29 is 14.0 Å². The van der Waals surface area contributed by atoms with Crippen LogP contribution in [0.5, 0.6) is 0 Å². The minimum absolute atomic E-state index is 0.104. The average molecular weight is 357 g/mol. The van der Waals surface area contributed by atoms with Crippen molar-refractivity contribution in [3.8, 4) is 0 Å². The fraction of sp³-hybridized carbons (Fsp3) is 0.444. The van der Waals surface area contributed by atoms with Gasteiger partial charge in [0.25, 0.3) is 11.8 Å². The molecular weight excluding hydrogens is 334 g/mol. The van der Waals surface area contributed by atoms with E-state index in [-0.39, 0.29) is 11.8 Å². The molecule has 0 bridgehead atoms. The standard InChI is InChI=1S/C18H23N5O3/c1-13(2)10-19-16(24)14-11-20-18(21-12-14)23-7-5-22(6-8-23)17(25)15-4-3-9-26-15/h3-4,9,11-13H,5-8,10H2,1-2H3,(H,19,24). The number of nitrogens with one attached hydrogen (secondary N) is 1. The molecule has 0 atom stereocenters. The second-order valence-electron chi connectivity index (χ2n) is 6.63. The molecule has 1 fully saturated rings. The number of carbonyl (C=O) groups is 2. The van der Waals surface area contributed by atoms with Crippen LogP contribution < -0.4 is 10.2 Å². The van der Waals surface area contributed by atoms with Gasteiger partial charge < -0.3 is 19.5 Å². The van der Waals surface area contributed by atoms with Gasteiger partial charge in [-0.25, -0.2) is 9.97 Å². The maximum Gasteiger partial charge on any atom is 0.289 e. The fourth-order valence-electron chi connectivity index (χ4n) is 2.67. The summed E-state index contributed by atoms with van der Waals surface area (Å²) in [6, 6.07) is 3.37. The smallest absolute Gasteiger partial charge is 0.289 e. The number of amides is 2. The Kier molecular flexibility index (Phi) is 5.50. The first-order chi connectivity index (χ1) is 12.5. The van der Waals surface area contributed by atoms with E-state index in [9.17, 15) is 9.59 Å². The Morgan fingerprint density at radius 1 is 1.19 bits per heavy atom. The third-order valence-electron chi connectivity index (χ3n) is 4.15. The molecule has 0 aromatic carbocycles. The van der Waals surface area contributed by atoms with Crippen molar-refractivity contribution in [1.29, 1.82) is 0 Å². The first-order valence-electron chi connectivity index (χ1n) is 8.72. The Morgan fingerprint density at radius 2 is 1.88 bits per heavy atom. The van der Waals surface area contributed by atoms with E-state index < -0.39 is 0 Å². The minimum atomic E-state index is -0.167. The topological polar surface area (TPSA) is 91.6 Å². The van der Waals surface area contributed by atoms with Crippen molar-refractivity contribution in [2.75, 3.05) is 37.6 Å². The predicted molar refractivity (Wildman–Crippen MR) is 96.0 cm³/mol. The fourth-order valence-corrected chi connectivity index (χ4v) is 2.67. The molecule has 1 saturated heterocycles. The molecule has 1 aliphatic heterocycles. The van der Waals surface area contributed by atoms with Crippen molar-refractivity contribution in [2.45, 2.75) is 13.8 Å². The summed E-state index contributed by atoms with van der Waals surface area (Å²) in [5.41, 5.74) is 0.445. The monoisotopic (exact) mass is 357 g/mol. The molecular formula is C18H23N5O3. The summed E-state index contributed by atoms with van der Waals surface area (Å²) in [5.74, 6) is 1.04. The molecule has 0 radical (unpaired) electrons. The first kappa shape index (κ1) is 17.9. The van der Waals surface area contributed by atoms with Gasteiger partial charge in [0.2, 0.25) is 5.95 Å². The van der Waals surface area contributed by atoms with Gasteiger partial charge in [-0.1, -0.05) is 13.8 Å². The average Bonchev–Trinajstić information content (AvgIpc) is 3.20. The van der Waals surface area contributed by atoms with E-state index in [0.29, 0.717) is 55.9 Å². The number of rotatable bonds is 5. The van der Waals surface area contributed by atoms with Crippen molar-refractivity contribution in [3.63, 3.8) is 0 Å². The number of nitrogens with zero attached hydrogens (tertiary/aromatic N) is 4. The van der Waals surface area contributed by atoms with Crippen LogP contribution in [0.3, 0.4) is 0 Å². The van der Waals surface area contributed by atoms with Crippen molar-refractivity contribution in [3.05, 3.63) is 42.1 Å². The van der Waals surface area contributed by atoms with Crippen LogP contribution in [-0.4, -0.2) is 59.4 Å². The Hall–Kier alpha value is -2.90. The summed E-state index contributed by atoms with van der Waals surface area (Å²) in [4.78, 5) is 36.6. The Morgan fingerprint density at radius 3 is 2.46 bits per heavy atom. The van der Waals surface area contributed by atoms with E-state index in [2.05, 4.69) is 15.3 Å². The summed E-state index contributed by atoms with van der Waals surface area (Å²) in [6.07, 6.45) is 4.58. The van der Waals surface area contributed by atoms with Gasteiger partial charge in [-0.05, 0) is 18.1 Å². The SMILES string of the molecule is CC(C)CNC(=O)c1cnc(N2CCN(C(=O)c3ccco3)CC2)nc1. The molecule has 8 heteroatoms. The largest absolute Gasteiger partial charge is 0.459 e. The Labute approximate surface area is 152 Å². The predicted octanol–water partition coefficient (Wildman–Crippen LogP) is 1.42. The van der Waals surface area contributed by atoms with Crippen LogP contribution in [0.4, 0.5) is 5.95 Å². The van der Waals surface area contributed by atoms with Crippen LogP contribution in [0.2, 0.25) is 0 Å². The summed E-state index contributed by atoms with van der Waals surface area (Å²) < 4.78 is 5.16. The maximum atomic E-state index is 12.3. The normalized spacial score (nSPS) is 14.6. The Bertz CT molecular complexity index is 735. The molecule has 2 aromatic heterocycles. The van der Waals surface area contributed by atoms with Gasteiger partial charge in [0.15, 0.2) is 5.76 Å². The van der Waals surface area contributed by atoms with Crippen LogP contribution in [0.25, 0.3) is 0 Å². The zero-order valence-electron chi connectivity index (χ0n) is 15.0. The summed E-state index contributed by atoms with van der Waals surface area (Å²) in [7, 11) is 0. The Balaban J connectivity index is 1.54. The van der Waals surface area contributed by atoms with E-state index in [0.717, 1.165) is 0 Å². The number of hydrogen-bond donors (Lipinski definition) is 1. The molecule has 8 nitrogen and oxygen atoms in total. The highest BCUT2D eigenvalue weighted by molar-refractivity contribution is 5.93. The van der Waals surface area contributed by atoms with Gasteiger partial charge in [0.05, 0.1) is 11.8 Å². The number of carbonyl (C=O) groups excluding carboxylic acids is 2. The van der Waals surface area contributed by atoms with Gasteiger partial charge in [0.1, 0.15) is 0 Å². The van der Waals surface area contributed by atoms with E-state index in [1.807, 2.05) is 18.7 Å². The summed E-state index contributed by atoms with van der Waals surface area (Å²) in [5, 5.41) is 2.84. The van der Waals surface area contributed by atoms with Crippen molar-refractivity contribution >= 4 is 17.8 Å². The lowest BCUT2D eigenvalue weighted by Crippen LogP contribution is -2.49. The van der Waals surface area contributed by atoms with Gasteiger partial charge in [0, 0.05) is 45.1 Å². The van der Waals surface area contributed by atoms with Crippen molar-refractivity contribution in [2.24, 2.45) is 5.92 Å². The van der Waals surface area contributed by atoms with E-state index in [1.54, 1.807) is 29.4 Å². The lowest BCUT2D eigenvalue weighted by molar-refractivity contribution is 0.0714. The first-order valence-corrected chi connectivity index (χ1v) is 8.72. The molecule has 1 N–H and O–H groups in total. The molecule has 0 unspecified atom stereocenters. The molecule has 0 saturated carbocycles. The zero-order chi connectivity index (χ0) is 18.5. The van der Waals surface area contributed by atoms with E-state index in [1.165, 1.54) is 6.26 Å². The molecule has 0 spiro atoms. The van der Waals surface area contributed by atoms with Crippen LogP contribution in [-0.2, 0) is 0 Å². The van der Waals surface area contributed by atoms with Crippen LogP contribution >= 0.6 is 0 Å². The van der Waals surface area contributed by atoms with Gasteiger partial charge in [-0.2, -0.15) is 0 Å². The van der Waals surface area contributed by atoms with E-state index >= 15 is 0 Å². The molecule has 0 aliphatic carbocycles. The third-order valence-corrected chi connectivity index (χ3v) is 4.15. The number of furan rings is 1. The highest BCUT2D eigenvalue weighted by Crippen LogP contribution is 2.13. The maximum absolute atomic E-state index is 12.3. The number of piperazine rings is 1. The number of hydrogen-bond acceptors (Lipinski definition) is 6. The van der Waals surface area contributed by atoms with Crippen LogP contribution in [0.1, 0.15) is 34.8 Å². The number of anilines is 1. The molecule has 1 aliphatic rings. The highest BCUT2D eigenvalue weighted by Gasteiger charge is 2.24. The second-order valence-corrected chi connectivity index (χ2v) is 6.63. The molecule has 26 heavy (non-hydrogen) atoms.